The third kappa shape index (κ3) is 3.93. The number of hydrogen-bond acceptors (Lipinski definition) is 5. The van der Waals surface area contributed by atoms with E-state index in [1.807, 2.05) is 0 Å². The number of rotatable bonds is 3. The number of nitrogens with one attached hydrogen (secondary N) is 1. The fraction of sp³-hybridized carbons (Fsp3) is 0.444. The Morgan fingerprint density at radius 2 is 1.84 bits per heavy atom. The number of anilines is 1. The summed E-state index contributed by atoms with van der Waals surface area (Å²) < 4.78 is 81.5. The first kappa shape index (κ1) is 21.4. The van der Waals surface area contributed by atoms with Crippen LogP contribution in [0.25, 0.3) is 11.1 Å². The molecule has 1 amide bonds. The van der Waals surface area contributed by atoms with Crippen molar-refractivity contribution < 1.29 is 35.9 Å². The first-order valence-corrected chi connectivity index (χ1v) is 10.9. The molecule has 13 heteroatoms. The van der Waals surface area contributed by atoms with Crippen LogP contribution in [-0.2, 0) is 15.0 Å². The average Bonchev–Trinajstić information content (AvgIpc) is 3.25. The molecule has 4 rings (SSSR count). The fourth-order valence-corrected chi connectivity index (χ4v) is 5.17. The van der Waals surface area contributed by atoms with Crippen LogP contribution in [0.3, 0.4) is 0 Å². The summed E-state index contributed by atoms with van der Waals surface area (Å²) in [6, 6.07) is 2.05. The zero-order valence-electron chi connectivity index (χ0n) is 15.9. The summed E-state index contributed by atoms with van der Waals surface area (Å²) in [5.41, 5.74) is -0.487. The van der Waals surface area contributed by atoms with Crippen LogP contribution in [0, 0.1) is 11.7 Å². The van der Waals surface area contributed by atoms with Crippen molar-refractivity contribution in [1.29, 1.82) is 0 Å². The summed E-state index contributed by atoms with van der Waals surface area (Å²) in [5, 5.41) is 14.2. The molecule has 1 aliphatic carbocycles. The average molecular weight is 462 g/mol. The predicted molar refractivity (Wildman–Crippen MR) is 101 cm³/mol. The van der Waals surface area contributed by atoms with Gasteiger partial charge in [-0.2, -0.15) is 26.7 Å². The molecule has 1 aromatic carbocycles. The van der Waals surface area contributed by atoms with Gasteiger partial charge in [0, 0.05) is 17.3 Å². The summed E-state index contributed by atoms with van der Waals surface area (Å²) in [7, 11) is -4.34. The molecule has 0 spiro atoms. The first-order valence-electron chi connectivity index (χ1n) is 9.43. The van der Waals surface area contributed by atoms with E-state index in [4.69, 9.17) is 0 Å². The van der Waals surface area contributed by atoms with Gasteiger partial charge < -0.3 is 5.11 Å². The van der Waals surface area contributed by atoms with Crippen molar-refractivity contribution in [2.24, 2.45) is 5.92 Å². The van der Waals surface area contributed by atoms with E-state index in [9.17, 15) is 31.5 Å². The molecular weight excluding hydrogens is 444 g/mol. The maximum absolute atomic E-state index is 15.2. The number of phenols is 1. The molecule has 8 nitrogen and oxygen atoms in total. The van der Waals surface area contributed by atoms with E-state index in [-0.39, 0.29) is 42.9 Å². The smallest absolute Gasteiger partial charge is 0.391 e. The Balaban J connectivity index is 1.61. The van der Waals surface area contributed by atoms with Crippen molar-refractivity contribution in [2.45, 2.75) is 37.9 Å². The Kier molecular flexibility index (Phi) is 5.10. The molecule has 2 N–H and O–H groups in total. The van der Waals surface area contributed by atoms with Crippen LogP contribution in [0.2, 0.25) is 0 Å². The number of alkyl halides is 3. The van der Waals surface area contributed by atoms with Crippen molar-refractivity contribution in [3.63, 3.8) is 0 Å². The van der Waals surface area contributed by atoms with Crippen LogP contribution in [0.5, 0.6) is 5.75 Å². The minimum absolute atomic E-state index is 0.0189. The van der Waals surface area contributed by atoms with Crippen molar-refractivity contribution in [3.05, 3.63) is 30.3 Å². The maximum Gasteiger partial charge on any atom is 0.391 e. The normalized spacial score (nSPS) is 23.7. The molecule has 2 fully saturated rings. The molecule has 1 saturated heterocycles. The van der Waals surface area contributed by atoms with Crippen LogP contribution in [0.4, 0.5) is 23.2 Å². The zero-order chi connectivity index (χ0) is 22.6. The second kappa shape index (κ2) is 7.39. The predicted octanol–water partition coefficient (Wildman–Crippen LogP) is 2.87. The Hall–Kier alpha value is -2.83. The van der Waals surface area contributed by atoms with Gasteiger partial charge in [0.25, 0.3) is 5.91 Å². The van der Waals surface area contributed by atoms with Gasteiger partial charge >= 0.3 is 16.4 Å². The lowest BCUT2D eigenvalue weighted by Gasteiger charge is -2.29. The van der Waals surface area contributed by atoms with E-state index in [0.29, 0.717) is 4.31 Å². The zero-order valence-corrected chi connectivity index (χ0v) is 16.7. The van der Waals surface area contributed by atoms with Crippen molar-refractivity contribution in [2.75, 3.05) is 10.8 Å². The molecule has 1 aliphatic heterocycles. The van der Waals surface area contributed by atoms with Crippen molar-refractivity contribution >= 4 is 21.8 Å². The molecule has 0 unspecified atom stereocenters. The molecule has 1 saturated carbocycles. The Bertz CT molecular complexity index is 1120. The van der Waals surface area contributed by atoms with E-state index in [2.05, 4.69) is 5.10 Å². The number of carbonyl (C=O) groups is 1. The molecule has 2 aromatic rings. The van der Waals surface area contributed by atoms with Gasteiger partial charge in [-0.05, 0) is 37.8 Å². The quantitative estimate of drug-likeness (QED) is 0.683. The first-order chi connectivity index (χ1) is 14.5. The standard InChI is InChI=1S/C18H18F4N4O4S/c19-16-13(5-6-14(27)17(16)26-9-15(28)24-31(26,29)30)10-7-23-25(8-10)12-3-1-11(2-4-12)18(20,21)22/h5-8,11-12,27H,1-4,9H2,(H,24,28). The summed E-state index contributed by atoms with van der Waals surface area (Å²) in [6.07, 6.45) is -0.929. The second-order valence-corrected chi connectivity index (χ2v) is 9.18. The third-order valence-electron chi connectivity index (χ3n) is 5.61. The van der Waals surface area contributed by atoms with Gasteiger partial charge in [-0.3, -0.25) is 9.48 Å². The van der Waals surface area contributed by atoms with Gasteiger partial charge in [0.15, 0.2) is 5.82 Å². The topological polar surface area (TPSA) is 105 Å². The maximum atomic E-state index is 15.2. The highest BCUT2D eigenvalue weighted by atomic mass is 32.2. The van der Waals surface area contributed by atoms with Crippen LogP contribution in [-0.4, -0.2) is 41.9 Å². The van der Waals surface area contributed by atoms with E-state index >= 15 is 4.39 Å². The Labute approximate surface area is 174 Å². The highest BCUT2D eigenvalue weighted by Crippen LogP contribution is 2.42. The largest absolute Gasteiger partial charge is 0.506 e. The van der Waals surface area contributed by atoms with Gasteiger partial charge in [0.05, 0.1) is 18.2 Å². The second-order valence-electron chi connectivity index (χ2n) is 7.59. The van der Waals surface area contributed by atoms with Crippen molar-refractivity contribution in [3.8, 4) is 16.9 Å². The van der Waals surface area contributed by atoms with Crippen molar-refractivity contribution in [1.82, 2.24) is 14.5 Å². The number of aromatic hydroxyl groups is 1. The summed E-state index contributed by atoms with van der Waals surface area (Å²) >= 11 is 0. The molecular formula is C18H18F4N4O4S. The summed E-state index contributed by atoms with van der Waals surface area (Å²) in [6.45, 7) is -0.683. The molecule has 0 radical (unpaired) electrons. The minimum Gasteiger partial charge on any atom is -0.506 e. The van der Waals surface area contributed by atoms with E-state index in [1.54, 1.807) is 4.72 Å². The van der Waals surface area contributed by atoms with Gasteiger partial charge in [-0.25, -0.2) is 13.4 Å². The van der Waals surface area contributed by atoms with Gasteiger partial charge in [0.2, 0.25) is 0 Å². The lowest BCUT2D eigenvalue weighted by molar-refractivity contribution is -0.183. The number of amides is 1. The third-order valence-corrected chi connectivity index (χ3v) is 6.99. The molecule has 31 heavy (non-hydrogen) atoms. The number of halogens is 4. The van der Waals surface area contributed by atoms with E-state index < -0.39 is 52.0 Å². The van der Waals surface area contributed by atoms with Crippen LogP contribution in [0.1, 0.15) is 31.7 Å². The summed E-state index contributed by atoms with van der Waals surface area (Å²) in [4.78, 5) is 11.5. The molecule has 0 bridgehead atoms. The van der Waals surface area contributed by atoms with Crippen LogP contribution >= 0.6 is 0 Å². The molecule has 1 aromatic heterocycles. The lowest BCUT2D eigenvalue weighted by atomic mass is 9.86. The Morgan fingerprint density at radius 1 is 1.16 bits per heavy atom. The van der Waals surface area contributed by atoms with Gasteiger partial charge in [-0.15, -0.1) is 0 Å². The van der Waals surface area contributed by atoms with E-state index in [0.717, 1.165) is 6.07 Å². The number of hydrogen-bond donors (Lipinski definition) is 2. The lowest BCUT2D eigenvalue weighted by Crippen LogP contribution is -2.30. The number of benzene rings is 1. The number of aromatic nitrogens is 2. The Morgan fingerprint density at radius 3 is 2.42 bits per heavy atom. The van der Waals surface area contributed by atoms with Crippen LogP contribution in [0.15, 0.2) is 24.5 Å². The monoisotopic (exact) mass is 462 g/mol. The minimum atomic E-state index is -4.34. The fourth-order valence-electron chi connectivity index (χ4n) is 4.00. The molecule has 0 atom stereocenters. The summed E-state index contributed by atoms with van der Waals surface area (Å²) in [5.74, 6) is -3.94. The highest BCUT2D eigenvalue weighted by Gasteiger charge is 2.42. The van der Waals surface area contributed by atoms with Gasteiger partial charge in [0.1, 0.15) is 18.0 Å². The number of nitrogens with zero attached hydrogens (tertiary/aromatic N) is 3. The molecule has 168 valence electrons. The number of phenolic OH excluding ortho intramolecular Hbond substituents is 1. The van der Waals surface area contributed by atoms with Gasteiger partial charge in [-0.1, -0.05) is 0 Å². The highest BCUT2D eigenvalue weighted by molar-refractivity contribution is 7.92. The SMILES string of the molecule is O=C1CN(c2c(O)ccc(-c3cnn(C4CCC(C(F)(F)F)CC4)c3)c2F)S(=O)(=O)N1. The molecule has 2 aliphatic rings. The number of carbonyl (C=O) groups excluding carboxylic acids is 1. The van der Waals surface area contributed by atoms with Crippen LogP contribution < -0.4 is 9.03 Å². The van der Waals surface area contributed by atoms with E-state index in [1.165, 1.54) is 23.1 Å². The molecule has 2 heterocycles.